The van der Waals surface area contributed by atoms with Gasteiger partial charge in [-0.3, -0.25) is 0 Å². The molecule has 0 aliphatic carbocycles. The molecule has 2 rings (SSSR count). The summed E-state index contributed by atoms with van der Waals surface area (Å²) in [5.41, 5.74) is 2.07. The van der Waals surface area contributed by atoms with Crippen molar-refractivity contribution in [2.75, 3.05) is 33.3 Å². The highest BCUT2D eigenvalue weighted by atomic mass is 19.1. The average molecular weight is 316 g/mol. The Morgan fingerprint density at radius 1 is 0.826 bits per heavy atom. The van der Waals surface area contributed by atoms with Crippen LogP contribution in [0.5, 0.6) is 5.75 Å². The average Bonchev–Trinajstić information content (AvgIpc) is 2.59. The lowest BCUT2D eigenvalue weighted by Crippen LogP contribution is -2.29. The maximum Gasteiger partial charge on any atom is 0.126 e. The fourth-order valence-electron chi connectivity index (χ4n) is 2.38. The van der Waals surface area contributed by atoms with Crippen LogP contribution in [0.15, 0.2) is 48.5 Å². The minimum atomic E-state index is -0.119. The second-order valence-electron chi connectivity index (χ2n) is 5.44. The summed E-state index contributed by atoms with van der Waals surface area (Å²) in [4.78, 5) is 0. The minimum Gasteiger partial charge on any atom is -0.497 e. The monoisotopic (exact) mass is 316 g/mol. The van der Waals surface area contributed by atoms with Crippen LogP contribution >= 0.6 is 0 Å². The molecule has 0 aromatic heterocycles. The zero-order valence-corrected chi connectivity index (χ0v) is 13.6. The number of hydrogen-bond acceptors (Lipinski definition) is 3. The van der Waals surface area contributed by atoms with Gasteiger partial charge in [0, 0.05) is 13.1 Å². The molecule has 0 aliphatic rings. The third-order valence-electron chi connectivity index (χ3n) is 3.76. The summed E-state index contributed by atoms with van der Waals surface area (Å²) >= 11 is 0. The van der Waals surface area contributed by atoms with Crippen molar-refractivity contribution in [1.29, 1.82) is 0 Å². The first-order valence-electron chi connectivity index (χ1n) is 8.07. The Bertz CT molecular complexity index is 572. The number of hydrogen-bond donors (Lipinski definition) is 2. The van der Waals surface area contributed by atoms with Crippen molar-refractivity contribution in [3.63, 3.8) is 0 Å². The molecule has 0 unspecified atom stereocenters. The van der Waals surface area contributed by atoms with Gasteiger partial charge in [0.05, 0.1) is 7.11 Å². The molecule has 4 heteroatoms. The molecule has 124 valence electrons. The van der Waals surface area contributed by atoms with E-state index >= 15 is 0 Å². The first-order valence-corrected chi connectivity index (χ1v) is 8.07. The van der Waals surface area contributed by atoms with Crippen molar-refractivity contribution < 1.29 is 9.13 Å². The van der Waals surface area contributed by atoms with Crippen molar-refractivity contribution in [2.45, 2.75) is 12.8 Å². The molecule has 0 bridgehead atoms. The molecule has 0 saturated carbocycles. The molecular formula is C19H25FN2O. The van der Waals surface area contributed by atoms with Crippen LogP contribution in [0.4, 0.5) is 4.39 Å². The molecule has 2 N–H and O–H groups in total. The second-order valence-corrected chi connectivity index (χ2v) is 5.44. The first kappa shape index (κ1) is 17.4. The molecule has 0 aliphatic heterocycles. The van der Waals surface area contributed by atoms with E-state index in [4.69, 9.17) is 4.74 Å². The summed E-state index contributed by atoms with van der Waals surface area (Å²) in [6, 6.07) is 15.1. The number of methoxy groups -OCH3 is 1. The minimum absolute atomic E-state index is 0.119. The van der Waals surface area contributed by atoms with E-state index in [0.717, 1.165) is 50.3 Å². The van der Waals surface area contributed by atoms with E-state index < -0.39 is 0 Å². The second kappa shape index (κ2) is 9.98. The SMILES string of the molecule is COc1ccc(CCNCCNCCc2ccccc2F)cc1. The summed E-state index contributed by atoms with van der Waals surface area (Å²) in [5, 5.41) is 6.73. The molecule has 0 spiro atoms. The van der Waals surface area contributed by atoms with E-state index in [1.807, 2.05) is 24.3 Å². The van der Waals surface area contributed by atoms with Gasteiger partial charge < -0.3 is 15.4 Å². The van der Waals surface area contributed by atoms with Gasteiger partial charge in [-0.15, -0.1) is 0 Å². The molecule has 23 heavy (non-hydrogen) atoms. The van der Waals surface area contributed by atoms with E-state index in [2.05, 4.69) is 22.8 Å². The Balaban J connectivity index is 1.50. The summed E-state index contributed by atoms with van der Waals surface area (Å²) < 4.78 is 18.6. The molecule has 0 amide bonds. The molecule has 0 heterocycles. The molecule has 2 aromatic carbocycles. The van der Waals surface area contributed by atoms with Gasteiger partial charge in [0.2, 0.25) is 0 Å². The Morgan fingerprint density at radius 2 is 1.48 bits per heavy atom. The van der Waals surface area contributed by atoms with Gasteiger partial charge in [0.1, 0.15) is 11.6 Å². The highest BCUT2D eigenvalue weighted by Gasteiger charge is 1.99. The van der Waals surface area contributed by atoms with Crippen LogP contribution in [0.1, 0.15) is 11.1 Å². The zero-order valence-electron chi connectivity index (χ0n) is 13.6. The molecule has 0 fully saturated rings. The van der Waals surface area contributed by atoms with Gasteiger partial charge in [-0.25, -0.2) is 4.39 Å². The topological polar surface area (TPSA) is 33.3 Å². The van der Waals surface area contributed by atoms with Crippen LogP contribution in [0, 0.1) is 5.82 Å². The fraction of sp³-hybridized carbons (Fsp3) is 0.368. The Hall–Kier alpha value is -1.91. The van der Waals surface area contributed by atoms with E-state index in [0.29, 0.717) is 0 Å². The van der Waals surface area contributed by atoms with E-state index in [9.17, 15) is 4.39 Å². The van der Waals surface area contributed by atoms with E-state index in [-0.39, 0.29) is 5.82 Å². The smallest absolute Gasteiger partial charge is 0.126 e. The molecule has 0 atom stereocenters. The molecule has 2 aromatic rings. The van der Waals surface area contributed by atoms with Crippen molar-refractivity contribution in [3.8, 4) is 5.75 Å². The van der Waals surface area contributed by atoms with Crippen molar-refractivity contribution in [2.24, 2.45) is 0 Å². The third-order valence-corrected chi connectivity index (χ3v) is 3.76. The quantitative estimate of drug-likeness (QED) is 0.661. The Morgan fingerprint density at radius 3 is 2.13 bits per heavy atom. The summed E-state index contributed by atoms with van der Waals surface area (Å²) in [7, 11) is 1.68. The Labute approximate surface area is 137 Å². The first-order chi connectivity index (χ1) is 11.3. The van der Waals surface area contributed by atoms with Gasteiger partial charge >= 0.3 is 0 Å². The number of nitrogens with one attached hydrogen (secondary N) is 2. The maximum atomic E-state index is 13.4. The maximum absolute atomic E-state index is 13.4. The lowest BCUT2D eigenvalue weighted by molar-refractivity contribution is 0.414. The van der Waals surface area contributed by atoms with E-state index in [1.165, 1.54) is 11.6 Å². The van der Waals surface area contributed by atoms with Gasteiger partial charge in [0.15, 0.2) is 0 Å². The van der Waals surface area contributed by atoms with E-state index in [1.54, 1.807) is 13.2 Å². The molecule has 0 saturated heterocycles. The summed E-state index contributed by atoms with van der Waals surface area (Å²) in [6.45, 7) is 3.53. The van der Waals surface area contributed by atoms with Gasteiger partial charge in [-0.05, 0) is 55.3 Å². The summed E-state index contributed by atoms with van der Waals surface area (Å²) in [5.74, 6) is 0.771. The van der Waals surface area contributed by atoms with Crippen LogP contribution in [0.3, 0.4) is 0 Å². The third kappa shape index (κ3) is 6.38. The largest absolute Gasteiger partial charge is 0.497 e. The zero-order chi connectivity index (χ0) is 16.3. The molecular weight excluding hydrogens is 291 g/mol. The Kier molecular flexibility index (Phi) is 7.57. The van der Waals surface area contributed by atoms with Gasteiger partial charge in [-0.1, -0.05) is 30.3 Å². The molecule has 3 nitrogen and oxygen atoms in total. The van der Waals surface area contributed by atoms with Crippen molar-refractivity contribution in [3.05, 3.63) is 65.5 Å². The van der Waals surface area contributed by atoms with Crippen LogP contribution in [-0.2, 0) is 12.8 Å². The number of rotatable bonds is 10. The van der Waals surface area contributed by atoms with Gasteiger partial charge in [0.25, 0.3) is 0 Å². The van der Waals surface area contributed by atoms with Gasteiger partial charge in [-0.2, -0.15) is 0 Å². The number of ether oxygens (including phenoxy) is 1. The molecule has 0 radical (unpaired) electrons. The van der Waals surface area contributed by atoms with Crippen LogP contribution in [0.25, 0.3) is 0 Å². The number of benzene rings is 2. The normalized spacial score (nSPS) is 10.7. The highest BCUT2D eigenvalue weighted by molar-refractivity contribution is 5.27. The fourth-order valence-corrected chi connectivity index (χ4v) is 2.38. The lowest BCUT2D eigenvalue weighted by Gasteiger charge is -2.08. The predicted octanol–water partition coefficient (Wildman–Crippen LogP) is 2.80. The van der Waals surface area contributed by atoms with Crippen molar-refractivity contribution >= 4 is 0 Å². The van der Waals surface area contributed by atoms with Crippen LogP contribution in [-0.4, -0.2) is 33.3 Å². The standard InChI is InChI=1S/C19H25FN2O/c1-23-18-8-6-16(7-9-18)10-12-21-14-15-22-13-11-17-4-2-3-5-19(17)20/h2-9,21-22H,10-15H2,1H3. The van der Waals surface area contributed by atoms with Crippen LogP contribution < -0.4 is 15.4 Å². The predicted molar refractivity (Wildman–Crippen MR) is 92.5 cm³/mol. The van der Waals surface area contributed by atoms with Crippen molar-refractivity contribution in [1.82, 2.24) is 10.6 Å². The lowest BCUT2D eigenvalue weighted by atomic mass is 10.1. The number of halogens is 1. The van der Waals surface area contributed by atoms with Crippen LogP contribution in [0.2, 0.25) is 0 Å². The highest BCUT2D eigenvalue weighted by Crippen LogP contribution is 2.11. The summed E-state index contributed by atoms with van der Waals surface area (Å²) in [6.07, 6.45) is 1.72.